The van der Waals surface area contributed by atoms with Gasteiger partial charge >= 0.3 is 0 Å². The Labute approximate surface area is 217 Å². The van der Waals surface area contributed by atoms with Gasteiger partial charge in [-0.05, 0) is 33.3 Å². The van der Waals surface area contributed by atoms with Crippen molar-refractivity contribution in [3.8, 4) is 23.2 Å². The van der Waals surface area contributed by atoms with Crippen molar-refractivity contribution in [2.24, 2.45) is 0 Å². The Morgan fingerprint density at radius 1 is 1.14 bits per heavy atom. The molecule has 0 atom stereocenters. The number of methoxy groups -OCH3 is 1. The third-order valence-corrected chi connectivity index (χ3v) is 6.80. The van der Waals surface area contributed by atoms with Gasteiger partial charge < -0.3 is 19.0 Å². The molecular weight excluding hydrogens is 476 g/mol. The van der Waals surface area contributed by atoms with E-state index < -0.39 is 0 Å². The van der Waals surface area contributed by atoms with Crippen LogP contribution in [-0.2, 0) is 28.9 Å². The number of carboxylic acid groups (broad SMARTS) is 1. The van der Waals surface area contributed by atoms with Gasteiger partial charge in [0.25, 0.3) is 6.47 Å². The van der Waals surface area contributed by atoms with Crippen molar-refractivity contribution >= 4 is 6.47 Å². The first kappa shape index (κ1) is 26.8. The van der Waals surface area contributed by atoms with E-state index in [1.54, 1.807) is 13.3 Å². The second-order valence-corrected chi connectivity index (χ2v) is 9.46. The predicted molar refractivity (Wildman–Crippen MR) is 137 cm³/mol. The van der Waals surface area contributed by atoms with E-state index in [9.17, 15) is 0 Å². The van der Waals surface area contributed by atoms with Crippen LogP contribution in [0.2, 0.25) is 0 Å². The lowest BCUT2D eigenvalue weighted by molar-refractivity contribution is -0.122. The highest BCUT2D eigenvalue weighted by molar-refractivity contribution is 5.57. The van der Waals surface area contributed by atoms with E-state index in [0.29, 0.717) is 31.0 Å². The van der Waals surface area contributed by atoms with E-state index in [2.05, 4.69) is 33.6 Å². The van der Waals surface area contributed by atoms with E-state index in [4.69, 9.17) is 28.9 Å². The molecule has 2 aliphatic heterocycles. The molecule has 0 saturated carbocycles. The maximum Gasteiger partial charge on any atom is 0.290 e. The summed E-state index contributed by atoms with van der Waals surface area (Å²) in [6.45, 7) is 12.6. The minimum atomic E-state index is -0.250. The van der Waals surface area contributed by atoms with Crippen molar-refractivity contribution in [1.82, 2.24) is 29.5 Å². The van der Waals surface area contributed by atoms with Crippen LogP contribution in [0.4, 0.5) is 0 Å². The second kappa shape index (κ2) is 12.3. The molecule has 37 heavy (non-hydrogen) atoms. The number of carbonyl (C=O) groups is 1. The molecule has 3 aromatic heterocycles. The second-order valence-electron chi connectivity index (χ2n) is 9.46. The summed E-state index contributed by atoms with van der Waals surface area (Å²) in [5.74, 6) is 2.08. The third kappa shape index (κ3) is 6.17. The fourth-order valence-corrected chi connectivity index (χ4v) is 4.86. The Kier molecular flexibility index (Phi) is 8.91. The van der Waals surface area contributed by atoms with Gasteiger partial charge in [0, 0.05) is 49.8 Å². The first-order chi connectivity index (χ1) is 17.9. The Morgan fingerprint density at radius 3 is 2.54 bits per heavy atom. The molecule has 5 heterocycles. The Balaban J connectivity index is 0.00000102. The molecule has 0 aliphatic carbocycles. The molecule has 0 aromatic carbocycles. The maximum absolute atomic E-state index is 8.36. The van der Waals surface area contributed by atoms with Crippen LogP contribution in [0, 0.1) is 6.92 Å². The van der Waals surface area contributed by atoms with E-state index >= 15 is 0 Å². The number of hydrogen-bond acceptors (Lipinski definition) is 9. The van der Waals surface area contributed by atoms with Gasteiger partial charge in [0.05, 0.1) is 50.6 Å². The normalized spacial score (nSPS) is 16.6. The van der Waals surface area contributed by atoms with Crippen LogP contribution in [0.15, 0.2) is 22.9 Å². The molecule has 0 unspecified atom stereocenters. The summed E-state index contributed by atoms with van der Waals surface area (Å²) in [5.41, 5.74) is 4.93. The van der Waals surface area contributed by atoms with Crippen LogP contribution in [0.3, 0.4) is 0 Å². The van der Waals surface area contributed by atoms with Crippen molar-refractivity contribution in [3.05, 3.63) is 41.0 Å². The molecule has 11 heteroatoms. The van der Waals surface area contributed by atoms with Gasteiger partial charge in [0.15, 0.2) is 5.69 Å². The van der Waals surface area contributed by atoms with Gasteiger partial charge in [0.1, 0.15) is 5.76 Å². The number of oxazole rings is 1. The standard InChI is InChI=1S/C25H34N6O3.CH2O2/c1-17(2)30-9-7-29(8-10-30)16-20-15-27-25(34-20)23-21-5-11-33-12-6-22(21)31(28-23)19-13-18(3)24(32-4)26-14-19;2-1-3/h13-15,17H,5-12,16H2,1-4H3;1H,(H,2,3). The van der Waals surface area contributed by atoms with E-state index in [-0.39, 0.29) is 6.47 Å². The maximum atomic E-state index is 8.36. The van der Waals surface area contributed by atoms with Crippen LogP contribution in [0.1, 0.15) is 36.4 Å². The molecular formula is C26H36N6O5. The fourth-order valence-electron chi connectivity index (χ4n) is 4.86. The monoisotopic (exact) mass is 512 g/mol. The van der Waals surface area contributed by atoms with Crippen molar-refractivity contribution < 1.29 is 23.8 Å². The zero-order chi connectivity index (χ0) is 26.4. The molecule has 0 amide bonds. The molecule has 0 radical (unpaired) electrons. The van der Waals surface area contributed by atoms with Gasteiger partial charge in [-0.2, -0.15) is 5.10 Å². The summed E-state index contributed by atoms with van der Waals surface area (Å²) in [7, 11) is 1.63. The smallest absolute Gasteiger partial charge is 0.290 e. The fraction of sp³-hybridized carbons (Fsp3) is 0.538. The number of nitrogens with zero attached hydrogens (tertiary/aromatic N) is 6. The molecule has 1 N–H and O–H groups in total. The van der Waals surface area contributed by atoms with Crippen LogP contribution in [0.25, 0.3) is 17.3 Å². The van der Waals surface area contributed by atoms with Gasteiger partial charge in [-0.15, -0.1) is 0 Å². The molecule has 200 valence electrons. The lowest BCUT2D eigenvalue weighted by atomic mass is 10.1. The summed E-state index contributed by atoms with van der Waals surface area (Å²) < 4.78 is 19.3. The lowest BCUT2D eigenvalue weighted by Crippen LogP contribution is -2.48. The number of ether oxygens (including phenoxy) is 2. The summed E-state index contributed by atoms with van der Waals surface area (Å²) in [6, 6.07) is 2.64. The highest BCUT2D eigenvalue weighted by atomic mass is 16.5. The van der Waals surface area contributed by atoms with Crippen LogP contribution >= 0.6 is 0 Å². The Morgan fingerprint density at radius 2 is 1.86 bits per heavy atom. The highest BCUT2D eigenvalue weighted by Crippen LogP contribution is 2.31. The molecule has 1 saturated heterocycles. The highest BCUT2D eigenvalue weighted by Gasteiger charge is 2.26. The van der Waals surface area contributed by atoms with Gasteiger partial charge in [-0.3, -0.25) is 14.6 Å². The zero-order valence-electron chi connectivity index (χ0n) is 22.0. The minimum absolute atomic E-state index is 0.250. The Hall–Kier alpha value is -3.28. The van der Waals surface area contributed by atoms with Crippen molar-refractivity contribution in [2.45, 2.75) is 46.2 Å². The topological polar surface area (TPSA) is 119 Å². The molecule has 3 aromatic rings. The lowest BCUT2D eigenvalue weighted by Gasteiger charge is -2.36. The summed E-state index contributed by atoms with van der Waals surface area (Å²) in [6.07, 6.45) is 5.21. The molecule has 1 fully saturated rings. The van der Waals surface area contributed by atoms with Gasteiger partial charge in [0.2, 0.25) is 11.8 Å². The third-order valence-electron chi connectivity index (χ3n) is 6.80. The van der Waals surface area contributed by atoms with Crippen molar-refractivity contribution in [1.29, 1.82) is 0 Å². The largest absolute Gasteiger partial charge is 0.483 e. The van der Waals surface area contributed by atoms with Crippen LogP contribution in [-0.4, -0.2) is 93.7 Å². The quantitative estimate of drug-likeness (QED) is 0.494. The minimum Gasteiger partial charge on any atom is -0.483 e. The molecule has 2 aliphatic rings. The molecule has 0 spiro atoms. The van der Waals surface area contributed by atoms with Crippen molar-refractivity contribution in [2.75, 3.05) is 46.5 Å². The average molecular weight is 513 g/mol. The summed E-state index contributed by atoms with van der Waals surface area (Å²) in [4.78, 5) is 22.4. The first-order valence-corrected chi connectivity index (χ1v) is 12.6. The van der Waals surface area contributed by atoms with Crippen LogP contribution < -0.4 is 4.74 Å². The summed E-state index contributed by atoms with van der Waals surface area (Å²) in [5, 5.41) is 11.9. The number of aryl methyl sites for hydroxylation is 1. The van der Waals surface area contributed by atoms with Crippen LogP contribution in [0.5, 0.6) is 5.88 Å². The van der Waals surface area contributed by atoms with E-state index in [0.717, 1.165) is 79.5 Å². The molecule has 0 bridgehead atoms. The van der Waals surface area contributed by atoms with E-state index in [1.165, 1.54) is 0 Å². The average Bonchev–Trinajstić information content (AvgIpc) is 3.41. The predicted octanol–water partition coefficient (Wildman–Crippen LogP) is 2.58. The number of rotatable bonds is 6. The Bertz CT molecular complexity index is 1180. The number of hydrogen-bond donors (Lipinski definition) is 1. The summed E-state index contributed by atoms with van der Waals surface area (Å²) >= 11 is 0. The first-order valence-electron chi connectivity index (χ1n) is 12.6. The zero-order valence-corrected chi connectivity index (χ0v) is 22.0. The number of fused-ring (bicyclic) bond motifs is 1. The van der Waals surface area contributed by atoms with Crippen molar-refractivity contribution in [3.63, 3.8) is 0 Å². The van der Waals surface area contributed by atoms with E-state index in [1.807, 2.05) is 23.9 Å². The molecule has 11 nitrogen and oxygen atoms in total. The molecule has 5 rings (SSSR count). The number of pyridine rings is 1. The SMILES string of the molecule is COc1ncc(-n2nc(-c3ncc(CN4CCN(C(C)C)CC4)o3)c3c2CCOCC3)cc1C.O=CO. The van der Waals surface area contributed by atoms with Gasteiger partial charge in [-0.25, -0.2) is 14.6 Å². The number of piperazine rings is 1. The van der Waals surface area contributed by atoms with Gasteiger partial charge in [-0.1, -0.05) is 0 Å². The number of aromatic nitrogens is 4.